The van der Waals surface area contributed by atoms with Gasteiger partial charge in [0.1, 0.15) is 0 Å². The van der Waals surface area contributed by atoms with E-state index in [-0.39, 0.29) is 6.61 Å². The average Bonchev–Trinajstić information content (AvgIpc) is 2.46. The first-order valence-corrected chi connectivity index (χ1v) is 7.30. The second-order valence-electron chi connectivity index (χ2n) is 5.72. The highest BCUT2D eigenvalue weighted by Crippen LogP contribution is 2.30. The Morgan fingerprint density at radius 1 is 1.30 bits per heavy atom. The van der Waals surface area contributed by atoms with Crippen molar-refractivity contribution in [3.05, 3.63) is 29.3 Å². The molecule has 1 fully saturated rings. The number of hydrogen-bond donors (Lipinski definition) is 3. The van der Waals surface area contributed by atoms with Crippen LogP contribution in [0.4, 0.5) is 5.69 Å². The molecule has 20 heavy (non-hydrogen) atoms. The lowest BCUT2D eigenvalue weighted by atomic mass is 9.79. The topological polar surface area (TPSA) is 69.6 Å². The zero-order valence-corrected chi connectivity index (χ0v) is 11.9. The monoisotopic (exact) mass is 277 g/mol. The minimum absolute atomic E-state index is 0.228. The quantitative estimate of drug-likeness (QED) is 0.774. The summed E-state index contributed by atoms with van der Waals surface area (Å²) in [4.78, 5) is 11.3. The first-order chi connectivity index (χ1) is 9.61. The van der Waals surface area contributed by atoms with Gasteiger partial charge in [-0.05, 0) is 43.7 Å². The normalized spacial score (nSPS) is 22.5. The van der Waals surface area contributed by atoms with E-state index in [1.54, 1.807) is 6.07 Å². The van der Waals surface area contributed by atoms with Gasteiger partial charge in [-0.1, -0.05) is 24.5 Å². The molecule has 1 aliphatic carbocycles. The van der Waals surface area contributed by atoms with Gasteiger partial charge in [-0.3, -0.25) is 0 Å². The van der Waals surface area contributed by atoms with Crippen molar-refractivity contribution in [1.29, 1.82) is 0 Å². The molecule has 110 valence electrons. The molecule has 1 aliphatic rings. The summed E-state index contributed by atoms with van der Waals surface area (Å²) in [6, 6.07) is 5.43. The maximum absolute atomic E-state index is 11.3. The van der Waals surface area contributed by atoms with E-state index in [1.807, 2.05) is 19.1 Å². The van der Waals surface area contributed by atoms with E-state index in [1.165, 1.54) is 12.8 Å². The van der Waals surface area contributed by atoms with Gasteiger partial charge in [0.2, 0.25) is 0 Å². The van der Waals surface area contributed by atoms with Gasteiger partial charge < -0.3 is 15.5 Å². The van der Waals surface area contributed by atoms with Crippen molar-refractivity contribution >= 4 is 11.7 Å². The fraction of sp³-hybridized carbons (Fsp3) is 0.562. The number of aryl methyl sites for hydroxylation is 1. The van der Waals surface area contributed by atoms with Crippen LogP contribution in [-0.4, -0.2) is 29.3 Å². The van der Waals surface area contributed by atoms with E-state index in [2.05, 4.69) is 5.32 Å². The number of aliphatic hydroxyl groups is 1. The Balaban J connectivity index is 2.04. The van der Waals surface area contributed by atoms with Crippen molar-refractivity contribution in [3.8, 4) is 0 Å². The van der Waals surface area contributed by atoms with E-state index >= 15 is 0 Å². The highest BCUT2D eigenvalue weighted by Gasteiger charge is 2.24. The van der Waals surface area contributed by atoms with E-state index in [0.717, 1.165) is 24.9 Å². The molecule has 4 nitrogen and oxygen atoms in total. The number of benzene rings is 1. The molecule has 0 aliphatic heterocycles. The van der Waals surface area contributed by atoms with Gasteiger partial charge >= 0.3 is 5.97 Å². The SMILES string of the molecule is Cc1ccc(NCC2CCCCC2CO)c(C(=O)O)c1. The smallest absolute Gasteiger partial charge is 0.337 e. The number of anilines is 1. The Morgan fingerprint density at radius 3 is 2.65 bits per heavy atom. The second-order valence-corrected chi connectivity index (χ2v) is 5.72. The number of carboxylic acids is 1. The number of hydrogen-bond acceptors (Lipinski definition) is 3. The van der Waals surface area contributed by atoms with Crippen LogP contribution in [0.2, 0.25) is 0 Å². The molecular formula is C16H23NO3. The lowest BCUT2D eigenvalue weighted by molar-refractivity contribution is 0.0697. The molecule has 4 heteroatoms. The van der Waals surface area contributed by atoms with Gasteiger partial charge in [0.25, 0.3) is 0 Å². The predicted molar refractivity (Wildman–Crippen MR) is 79.2 cm³/mol. The lowest BCUT2D eigenvalue weighted by Crippen LogP contribution is -2.29. The number of rotatable bonds is 5. The van der Waals surface area contributed by atoms with Crippen LogP contribution in [0.5, 0.6) is 0 Å². The standard InChI is InChI=1S/C16H23NO3/c1-11-6-7-15(14(8-11)16(19)20)17-9-12-4-2-3-5-13(12)10-18/h6-8,12-13,17-18H,2-5,9-10H2,1H3,(H,19,20). The molecule has 2 rings (SSSR count). The molecule has 0 bridgehead atoms. The largest absolute Gasteiger partial charge is 0.478 e. The van der Waals surface area contributed by atoms with Gasteiger partial charge in [-0.2, -0.15) is 0 Å². The van der Waals surface area contributed by atoms with Gasteiger partial charge in [-0.25, -0.2) is 4.79 Å². The van der Waals surface area contributed by atoms with Gasteiger partial charge in [0.05, 0.1) is 5.56 Å². The lowest BCUT2D eigenvalue weighted by Gasteiger charge is -2.30. The highest BCUT2D eigenvalue weighted by atomic mass is 16.4. The van der Waals surface area contributed by atoms with E-state index in [4.69, 9.17) is 0 Å². The van der Waals surface area contributed by atoms with Crippen LogP contribution in [0.25, 0.3) is 0 Å². The average molecular weight is 277 g/mol. The van der Waals surface area contributed by atoms with Gasteiger partial charge in [0, 0.05) is 18.8 Å². The summed E-state index contributed by atoms with van der Waals surface area (Å²) < 4.78 is 0. The minimum Gasteiger partial charge on any atom is -0.478 e. The first kappa shape index (κ1) is 14.9. The molecule has 0 amide bonds. The Hall–Kier alpha value is -1.55. The third kappa shape index (κ3) is 3.51. The molecule has 3 N–H and O–H groups in total. The number of carbonyl (C=O) groups is 1. The fourth-order valence-corrected chi connectivity index (χ4v) is 3.02. The van der Waals surface area contributed by atoms with Crippen molar-refractivity contribution in [1.82, 2.24) is 0 Å². The van der Waals surface area contributed by atoms with Crippen LogP contribution < -0.4 is 5.32 Å². The van der Waals surface area contributed by atoms with Crippen molar-refractivity contribution in [2.45, 2.75) is 32.6 Å². The summed E-state index contributed by atoms with van der Waals surface area (Å²) in [7, 11) is 0. The molecule has 1 aromatic rings. The summed E-state index contributed by atoms with van der Waals surface area (Å²) in [6.07, 6.45) is 4.56. The van der Waals surface area contributed by atoms with Crippen LogP contribution in [0.1, 0.15) is 41.6 Å². The maximum Gasteiger partial charge on any atom is 0.337 e. The number of nitrogens with one attached hydrogen (secondary N) is 1. The first-order valence-electron chi connectivity index (χ1n) is 7.30. The molecule has 1 aromatic carbocycles. The summed E-state index contributed by atoms with van der Waals surface area (Å²) in [5, 5.41) is 21.9. The Morgan fingerprint density at radius 2 is 2.00 bits per heavy atom. The molecule has 0 heterocycles. The van der Waals surface area contributed by atoms with Gasteiger partial charge in [0.15, 0.2) is 0 Å². The van der Waals surface area contributed by atoms with Crippen LogP contribution in [0, 0.1) is 18.8 Å². The maximum atomic E-state index is 11.3. The van der Waals surface area contributed by atoms with E-state index in [0.29, 0.717) is 23.1 Å². The number of aliphatic hydroxyl groups excluding tert-OH is 1. The third-order valence-corrected chi connectivity index (χ3v) is 4.26. The zero-order chi connectivity index (χ0) is 14.5. The van der Waals surface area contributed by atoms with Crippen molar-refractivity contribution in [2.24, 2.45) is 11.8 Å². The molecule has 0 saturated heterocycles. The highest BCUT2D eigenvalue weighted by molar-refractivity contribution is 5.94. The van der Waals surface area contributed by atoms with Crippen molar-refractivity contribution in [2.75, 3.05) is 18.5 Å². The molecule has 2 atom stereocenters. The predicted octanol–water partition coefficient (Wildman–Crippen LogP) is 2.90. The van der Waals surface area contributed by atoms with Crippen LogP contribution in [0.3, 0.4) is 0 Å². The second kappa shape index (κ2) is 6.75. The summed E-state index contributed by atoms with van der Waals surface area (Å²) in [5.74, 6) is -0.134. The van der Waals surface area contributed by atoms with Crippen LogP contribution >= 0.6 is 0 Å². The van der Waals surface area contributed by atoms with Crippen LogP contribution in [-0.2, 0) is 0 Å². The molecule has 0 spiro atoms. The summed E-state index contributed by atoms with van der Waals surface area (Å²) in [5.41, 5.74) is 1.94. The fourth-order valence-electron chi connectivity index (χ4n) is 3.02. The van der Waals surface area contributed by atoms with E-state index in [9.17, 15) is 15.0 Å². The Bertz CT molecular complexity index is 473. The van der Waals surface area contributed by atoms with Gasteiger partial charge in [-0.15, -0.1) is 0 Å². The number of aromatic carboxylic acids is 1. The summed E-state index contributed by atoms with van der Waals surface area (Å²) >= 11 is 0. The zero-order valence-electron chi connectivity index (χ0n) is 11.9. The molecule has 2 unspecified atom stereocenters. The third-order valence-electron chi connectivity index (χ3n) is 4.26. The van der Waals surface area contributed by atoms with E-state index < -0.39 is 5.97 Å². The van der Waals surface area contributed by atoms with Crippen molar-refractivity contribution < 1.29 is 15.0 Å². The molecule has 1 saturated carbocycles. The summed E-state index contributed by atoms with van der Waals surface area (Å²) in [6.45, 7) is 2.85. The molecular weight excluding hydrogens is 254 g/mol. The van der Waals surface area contributed by atoms with Crippen LogP contribution in [0.15, 0.2) is 18.2 Å². The minimum atomic E-state index is -0.904. The Labute approximate surface area is 119 Å². The molecule has 0 radical (unpaired) electrons. The Kier molecular flexibility index (Phi) is 5.01. The van der Waals surface area contributed by atoms with Crippen molar-refractivity contribution in [3.63, 3.8) is 0 Å². The molecule has 0 aromatic heterocycles. The number of carboxylic acid groups (broad SMARTS) is 1.